The molecule has 3 rings (SSSR count). The number of nitrogens with zero attached hydrogens (tertiary/aromatic N) is 2. The first-order chi connectivity index (χ1) is 10.6. The lowest BCUT2D eigenvalue weighted by molar-refractivity contribution is -0.384. The molecule has 1 N–H and O–H groups in total. The normalized spacial score (nSPS) is 20.0. The van der Waals surface area contributed by atoms with E-state index in [0.29, 0.717) is 17.7 Å². The van der Waals surface area contributed by atoms with E-state index in [1.54, 1.807) is 12.1 Å². The van der Waals surface area contributed by atoms with Crippen LogP contribution in [0.15, 0.2) is 48.5 Å². The quantitative estimate of drug-likeness (QED) is 0.678. The molecule has 0 fully saturated rings. The molecular formula is C17H13N3O2. The van der Waals surface area contributed by atoms with Gasteiger partial charge in [0.05, 0.1) is 16.9 Å². The summed E-state index contributed by atoms with van der Waals surface area (Å²) in [6.07, 6.45) is 0.458. The molecule has 0 aliphatic heterocycles. The Hall–Kier alpha value is -3.00. The number of benzene rings is 2. The summed E-state index contributed by atoms with van der Waals surface area (Å²) in [5.74, 6) is -0.917. The van der Waals surface area contributed by atoms with Crippen molar-refractivity contribution in [2.45, 2.75) is 12.3 Å². The zero-order valence-corrected chi connectivity index (χ0v) is 11.7. The molecule has 2 atom stereocenters. The van der Waals surface area contributed by atoms with Crippen molar-refractivity contribution in [3.8, 4) is 6.07 Å². The lowest BCUT2D eigenvalue weighted by atomic mass is 9.71. The lowest BCUT2D eigenvalue weighted by Gasteiger charge is -2.30. The van der Waals surface area contributed by atoms with Crippen LogP contribution in [0, 0.1) is 32.8 Å². The van der Waals surface area contributed by atoms with Gasteiger partial charge in [-0.3, -0.25) is 10.1 Å². The number of nitriles is 1. The number of nitro benzene ring substituents is 1. The van der Waals surface area contributed by atoms with Crippen LogP contribution in [0.3, 0.4) is 0 Å². The standard InChI is InChI=1S/C17H13N3O2/c18-10-15-16(19)9-11-4-1-2-7-14(11)17(15)12-5-3-6-13(8-12)20(21)22/h1-8,15,17,19H,9H2. The topological polar surface area (TPSA) is 90.8 Å². The summed E-state index contributed by atoms with van der Waals surface area (Å²) in [5.41, 5.74) is 3.06. The van der Waals surface area contributed by atoms with Crippen LogP contribution in [0.2, 0.25) is 0 Å². The van der Waals surface area contributed by atoms with Crippen LogP contribution < -0.4 is 0 Å². The number of rotatable bonds is 2. The van der Waals surface area contributed by atoms with E-state index >= 15 is 0 Å². The highest BCUT2D eigenvalue weighted by molar-refractivity contribution is 5.91. The summed E-state index contributed by atoms with van der Waals surface area (Å²) in [4.78, 5) is 10.6. The van der Waals surface area contributed by atoms with Crippen LogP contribution in [0.25, 0.3) is 0 Å². The molecule has 0 saturated carbocycles. The molecule has 1 aliphatic rings. The van der Waals surface area contributed by atoms with E-state index in [1.165, 1.54) is 12.1 Å². The van der Waals surface area contributed by atoms with Crippen LogP contribution in [0.4, 0.5) is 5.69 Å². The zero-order valence-electron chi connectivity index (χ0n) is 11.7. The monoisotopic (exact) mass is 291 g/mol. The predicted octanol–water partition coefficient (Wildman–Crippen LogP) is 3.44. The van der Waals surface area contributed by atoms with Gasteiger partial charge >= 0.3 is 0 Å². The fourth-order valence-corrected chi connectivity index (χ4v) is 3.05. The van der Waals surface area contributed by atoms with Gasteiger partial charge in [0, 0.05) is 30.2 Å². The molecule has 0 heterocycles. The number of hydrogen-bond donors (Lipinski definition) is 1. The lowest BCUT2D eigenvalue weighted by Crippen LogP contribution is -2.29. The second-order valence-corrected chi connectivity index (χ2v) is 5.34. The summed E-state index contributed by atoms with van der Waals surface area (Å²) >= 11 is 0. The zero-order chi connectivity index (χ0) is 15.7. The highest BCUT2D eigenvalue weighted by Crippen LogP contribution is 2.39. The molecule has 2 aromatic carbocycles. The first kappa shape index (κ1) is 14.0. The van der Waals surface area contributed by atoms with E-state index in [0.717, 1.165) is 11.1 Å². The second-order valence-electron chi connectivity index (χ2n) is 5.34. The molecule has 0 amide bonds. The van der Waals surface area contributed by atoms with Gasteiger partial charge in [0.25, 0.3) is 5.69 Å². The smallest absolute Gasteiger partial charge is 0.269 e. The summed E-state index contributed by atoms with van der Waals surface area (Å²) in [7, 11) is 0. The summed E-state index contributed by atoms with van der Waals surface area (Å²) in [6, 6.07) is 16.2. The number of non-ortho nitro benzene ring substituents is 1. The Morgan fingerprint density at radius 1 is 1.23 bits per heavy atom. The van der Waals surface area contributed by atoms with Crippen molar-refractivity contribution in [2.24, 2.45) is 5.92 Å². The average molecular weight is 291 g/mol. The van der Waals surface area contributed by atoms with E-state index < -0.39 is 10.8 Å². The largest absolute Gasteiger partial charge is 0.308 e. The van der Waals surface area contributed by atoms with Crippen molar-refractivity contribution in [1.29, 1.82) is 10.7 Å². The second kappa shape index (κ2) is 5.41. The Bertz CT molecular complexity index is 808. The summed E-state index contributed by atoms with van der Waals surface area (Å²) in [5, 5.41) is 28.6. The third kappa shape index (κ3) is 2.25. The van der Waals surface area contributed by atoms with Crippen molar-refractivity contribution in [3.63, 3.8) is 0 Å². The molecule has 0 aromatic heterocycles. The molecule has 0 bridgehead atoms. The van der Waals surface area contributed by atoms with Gasteiger partial charge < -0.3 is 5.41 Å². The number of nitro groups is 1. The van der Waals surface area contributed by atoms with Gasteiger partial charge in [0.1, 0.15) is 0 Å². The summed E-state index contributed by atoms with van der Waals surface area (Å²) < 4.78 is 0. The van der Waals surface area contributed by atoms with Gasteiger partial charge in [-0.15, -0.1) is 0 Å². The van der Waals surface area contributed by atoms with E-state index in [9.17, 15) is 15.4 Å². The molecule has 108 valence electrons. The molecule has 0 radical (unpaired) electrons. The molecule has 1 aliphatic carbocycles. The Morgan fingerprint density at radius 2 is 2.00 bits per heavy atom. The molecule has 2 aromatic rings. The van der Waals surface area contributed by atoms with Crippen molar-refractivity contribution < 1.29 is 4.92 Å². The number of fused-ring (bicyclic) bond motifs is 1. The van der Waals surface area contributed by atoms with Crippen molar-refractivity contribution >= 4 is 11.4 Å². The van der Waals surface area contributed by atoms with Crippen molar-refractivity contribution in [3.05, 3.63) is 75.3 Å². The van der Waals surface area contributed by atoms with Gasteiger partial charge in [0.15, 0.2) is 0 Å². The van der Waals surface area contributed by atoms with Crippen molar-refractivity contribution in [1.82, 2.24) is 0 Å². The van der Waals surface area contributed by atoms with Gasteiger partial charge in [-0.25, -0.2) is 0 Å². The first-order valence-electron chi connectivity index (χ1n) is 6.91. The van der Waals surface area contributed by atoms with Gasteiger partial charge in [-0.1, -0.05) is 36.4 Å². The number of hydrogen-bond acceptors (Lipinski definition) is 4. The fraction of sp³-hybridized carbons (Fsp3) is 0.176. The third-order valence-electron chi connectivity index (χ3n) is 4.06. The van der Waals surface area contributed by atoms with Crippen LogP contribution in [0.5, 0.6) is 0 Å². The molecule has 5 heteroatoms. The minimum absolute atomic E-state index is 0.00350. The maximum Gasteiger partial charge on any atom is 0.269 e. The maximum absolute atomic E-state index is 11.0. The highest BCUT2D eigenvalue weighted by Gasteiger charge is 2.34. The molecule has 5 nitrogen and oxygen atoms in total. The predicted molar refractivity (Wildman–Crippen MR) is 81.9 cm³/mol. The SMILES string of the molecule is N#CC1C(=N)Cc2ccccc2C1c1cccc([N+](=O)[O-])c1. The molecule has 2 unspecified atom stereocenters. The minimum atomic E-state index is -0.586. The summed E-state index contributed by atoms with van der Waals surface area (Å²) in [6.45, 7) is 0. The maximum atomic E-state index is 11.0. The van der Waals surface area contributed by atoms with E-state index in [-0.39, 0.29) is 11.6 Å². The molecular weight excluding hydrogens is 278 g/mol. The van der Waals surface area contributed by atoms with Crippen LogP contribution in [0.1, 0.15) is 22.6 Å². The van der Waals surface area contributed by atoms with E-state index in [2.05, 4.69) is 6.07 Å². The van der Waals surface area contributed by atoms with Crippen LogP contribution in [-0.4, -0.2) is 10.6 Å². The van der Waals surface area contributed by atoms with Gasteiger partial charge in [-0.05, 0) is 16.7 Å². The Labute approximate surface area is 127 Å². The Morgan fingerprint density at radius 3 is 2.73 bits per heavy atom. The average Bonchev–Trinajstić information content (AvgIpc) is 2.53. The van der Waals surface area contributed by atoms with Crippen LogP contribution in [-0.2, 0) is 6.42 Å². The fourth-order valence-electron chi connectivity index (χ4n) is 3.05. The first-order valence-corrected chi connectivity index (χ1v) is 6.91. The van der Waals surface area contributed by atoms with E-state index in [4.69, 9.17) is 5.41 Å². The Balaban J connectivity index is 2.18. The number of nitrogens with one attached hydrogen (secondary N) is 1. The van der Waals surface area contributed by atoms with Crippen LogP contribution >= 0.6 is 0 Å². The highest BCUT2D eigenvalue weighted by atomic mass is 16.6. The molecule has 0 saturated heterocycles. The third-order valence-corrected chi connectivity index (χ3v) is 4.06. The van der Waals surface area contributed by atoms with Gasteiger partial charge in [-0.2, -0.15) is 5.26 Å². The minimum Gasteiger partial charge on any atom is -0.308 e. The molecule has 0 spiro atoms. The van der Waals surface area contributed by atoms with Gasteiger partial charge in [0.2, 0.25) is 0 Å². The van der Waals surface area contributed by atoms with Crippen molar-refractivity contribution in [2.75, 3.05) is 0 Å². The Kier molecular flexibility index (Phi) is 3.43. The molecule has 22 heavy (non-hydrogen) atoms. The van der Waals surface area contributed by atoms with E-state index in [1.807, 2.05) is 24.3 Å².